The minimum Gasteiger partial charge on any atom is -0.497 e. The van der Waals surface area contributed by atoms with E-state index >= 15 is 0 Å². The molecule has 4 aromatic rings. The molecule has 1 unspecified atom stereocenters. The van der Waals surface area contributed by atoms with Gasteiger partial charge in [-0.15, -0.1) is 11.3 Å². The van der Waals surface area contributed by atoms with Gasteiger partial charge in [0.15, 0.2) is 0 Å². The molecular weight excluding hydrogens is 390 g/mol. The first-order valence-electron chi connectivity index (χ1n) is 10.1. The summed E-state index contributed by atoms with van der Waals surface area (Å²) in [5.41, 5.74) is 6.85. The number of rotatable bonds is 4. The number of aryl methyl sites for hydroxylation is 1. The molecule has 0 aliphatic carbocycles. The van der Waals surface area contributed by atoms with Crippen LogP contribution < -0.4 is 4.74 Å². The van der Waals surface area contributed by atoms with Gasteiger partial charge in [0, 0.05) is 5.56 Å². The van der Waals surface area contributed by atoms with Crippen molar-refractivity contribution in [2.45, 2.75) is 26.6 Å². The van der Waals surface area contributed by atoms with Crippen LogP contribution in [0.2, 0.25) is 0 Å². The third kappa shape index (κ3) is 3.32. The lowest BCUT2D eigenvalue weighted by Gasteiger charge is -2.16. The van der Waals surface area contributed by atoms with E-state index in [1.807, 2.05) is 24.3 Å². The van der Waals surface area contributed by atoms with E-state index in [1.165, 1.54) is 33.0 Å². The van der Waals surface area contributed by atoms with Crippen LogP contribution in [-0.2, 0) is 11.3 Å². The summed E-state index contributed by atoms with van der Waals surface area (Å²) >= 11 is 1.72. The first-order chi connectivity index (χ1) is 14.6. The number of hydrogen-bond acceptors (Lipinski definition) is 4. The largest absolute Gasteiger partial charge is 0.497 e. The number of hydrogen-bond donors (Lipinski definition) is 0. The molecule has 1 aliphatic rings. The van der Waals surface area contributed by atoms with Crippen LogP contribution in [0.5, 0.6) is 5.75 Å². The van der Waals surface area contributed by atoms with Gasteiger partial charge in [-0.2, -0.15) is 0 Å². The Morgan fingerprint density at radius 3 is 2.67 bits per heavy atom. The van der Waals surface area contributed by atoms with Gasteiger partial charge in [-0.05, 0) is 77.5 Å². The molecule has 0 amide bonds. The molecule has 3 aromatic carbocycles. The number of aliphatic imine (C=N–C) groups is 1. The van der Waals surface area contributed by atoms with E-state index in [1.54, 1.807) is 18.4 Å². The van der Waals surface area contributed by atoms with Gasteiger partial charge in [0.05, 0.1) is 36.1 Å². The fourth-order valence-corrected chi connectivity index (χ4v) is 4.81. The summed E-state index contributed by atoms with van der Waals surface area (Å²) in [7, 11) is 1.68. The first kappa shape index (κ1) is 19.0. The number of thiophene rings is 1. The van der Waals surface area contributed by atoms with Gasteiger partial charge in [0.25, 0.3) is 0 Å². The van der Waals surface area contributed by atoms with Crippen molar-refractivity contribution >= 4 is 33.5 Å². The van der Waals surface area contributed by atoms with E-state index in [-0.39, 0.29) is 6.10 Å². The Hall–Kier alpha value is -2.95. The van der Waals surface area contributed by atoms with E-state index in [0.29, 0.717) is 6.61 Å². The van der Waals surface area contributed by atoms with Crippen molar-refractivity contribution in [2.75, 3.05) is 7.11 Å². The van der Waals surface area contributed by atoms with E-state index in [9.17, 15) is 0 Å². The third-order valence-corrected chi connectivity index (χ3v) is 6.54. The number of ether oxygens (including phenoxy) is 2. The molecule has 3 nitrogen and oxygen atoms in total. The van der Waals surface area contributed by atoms with Gasteiger partial charge >= 0.3 is 0 Å². The third-order valence-electron chi connectivity index (χ3n) is 5.66. The van der Waals surface area contributed by atoms with Crippen molar-refractivity contribution < 1.29 is 9.47 Å². The summed E-state index contributed by atoms with van der Waals surface area (Å²) < 4.78 is 11.4. The predicted octanol–water partition coefficient (Wildman–Crippen LogP) is 6.98. The van der Waals surface area contributed by atoms with Crippen molar-refractivity contribution in [3.05, 3.63) is 93.2 Å². The topological polar surface area (TPSA) is 30.8 Å². The van der Waals surface area contributed by atoms with E-state index in [0.717, 1.165) is 22.0 Å². The number of methoxy groups -OCH3 is 1. The van der Waals surface area contributed by atoms with Gasteiger partial charge in [-0.25, -0.2) is 4.99 Å². The molecule has 1 aliphatic heterocycles. The molecule has 0 spiro atoms. The average Bonchev–Trinajstić information content (AvgIpc) is 3.42. The summed E-state index contributed by atoms with van der Waals surface area (Å²) in [5, 5.41) is 4.56. The van der Waals surface area contributed by atoms with Gasteiger partial charge in [-0.3, -0.25) is 0 Å². The standard InChI is InChI=1S/C26H23NO2S/c1-16-6-7-18-14-21-17(2)29-15-23(21)25(22(18)13-16)26(24-5-4-12-30-24)27-19-8-10-20(28-3)11-9-19/h4-14,17H,15H2,1-3H3. The highest BCUT2D eigenvalue weighted by atomic mass is 32.1. The van der Waals surface area contributed by atoms with Crippen LogP contribution in [-0.4, -0.2) is 12.8 Å². The van der Waals surface area contributed by atoms with Gasteiger partial charge < -0.3 is 9.47 Å². The Labute approximate surface area is 180 Å². The summed E-state index contributed by atoms with van der Waals surface area (Å²) in [6.45, 7) is 4.88. The first-order valence-corrected chi connectivity index (χ1v) is 11.0. The van der Waals surface area contributed by atoms with Crippen molar-refractivity contribution in [3.63, 3.8) is 0 Å². The number of nitrogens with zero attached hydrogens (tertiary/aromatic N) is 1. The Morgan fingerprint density at radius 1 is 1.10 bits per heavy atom. The molecule has 30 heavy (non-hydrogen) atoms. The Balaban J connectivity index is 1.81. The molecule has 0 fully saturated rings. The molecule has 150 valence electrons. The molecule has 0 N–H and O–H groups in total. The summed E-state index contributed by atoms with van der Waals surface area (Å²) in [5.74, 6) is 0.829. The summed E-state index contributed by atoms with van der Waals surface area (Å²) in [6.07, 6.45) is 0.0926. The minimum absolute atomic E-state index is 0.0926. The van der Waals surface area contributed by atoms with Crippen LogP contribution >= 0.6 is 11.3 Å². The average molecular weight is 414 g/mol. The highest BCUT2D eigenvalue weighted by Gasteiger charge is 2.27. The molecular formula is C26H23NO2S. The normalized spacial score (nSPS) is 16.1. The fourth-order valence-electron chi connectivity index (χ4n) is 4.09. The maximum Gasteiger partial charge on any atom is 0.119 e. The lowest BCUT2D eigenvalue weighted by atomic mass is 9.89. The fraction of sp³-hybridized carbons (Fsp3) is 0.192. The molecule has 5 rings (SSSR count). The highest BCUT2D eigenvalue weighted by Crippen LogP contribution is 2.39. The van der Waals surface area contributed by atoms with Gasteiger partial charge in [-0.1, -0.05) is 29.8 Å². The quantitative estimate of drug-likeness (QED) is 0.338. The SMILES string of the molecule is COc1ccc(N=C(c2cccs2)c2c3c(cc4ccc(C)cc24)C(C)OC3)cc1. The van der Waals surface area contributed by atoms with E-state index in [4.69, 9.17) is 14.5 Å². The molecule has 1 aromatic heterocycles. The second kappa shape index (κ2) is 7.71. The monoisotopic (exact) mass is 413 g/mol. The zero-order valence-corrected chi connectivity index (χ0v) is 18.1. The van der Waals surface area contributed by atoms with E-state index < -0.39 is 0 Å². The molecule has 0 saturated carbocycles. The minimum atomic E-state index is 0.0926. The predicted molar refractivity (Wildman–Crippen MR) is 125 cm³/mol. The molecule has 0 radical (unpaired) electrons. The van der Waals surface area contributed by atoms with Crippen LogP contribution in [0.25, 0.3) is 10.8 Å². The summed E-state index contributed by atoms with van der Waals surface area (Å²) in [6, 6.07) is 21.1. The molecule has 4 heteroatoms. The smallest absolute Gasteiger partial charge is 0.119 e. The van der Waals surface area contributed by atoms with Gasteiger partial charge in [0.1, 0.15) is 5.75 Å². The zero-order valence-electron chi connectivity index (χ0n) is 17.3. The molecule has 0 bridgehead atoms. The summed E-state index contributed by atoms with van der Waals surface area (Å²) in [4.78, 5) is 6.30. The second-order valence-electron chi connectivity index (χ2n) is 7.63. The van der Waals surface area contributed by atoms with Crippen LogP contribution in [0.1, 0.15) is 40.2 Å². The lowest BCUT2D eigenvalue weighted by molar-refractivity contribution is 0.0796. The zero-order chi connectivity index (χ0) is 20.7. The second-order valence-corrected chi connectivity index (χ2v) is 8.58. The lowest BCUT2D eigenvalue weighted by Crippen LogP contribution is -2.07. The van der Waals surface area contributed by atoms with Crippen LogP contribution in [0, 0.1) is 6.92 Å². The van der Waals surface area contributed by atoms with Crippen LogP contribution in [0.4, 0.5) is 5.69 Å². The Bertz CT molecular complexity index is 1240. The van der Waals surface area contributed by atoms with E-state index in [2.05, 4.69) is 55.6 Å². The Morgan fingerprint density at radius 2 is 1.93 bits per heavy atom. The van der Waals surface area contributed by atoms with Crippen molar-refractivity contribution in [2.24, 2.45) is 4.99 Å². The number of benzene rings is 3. The van der Waals surface area contributed by atoms with Gasteiger partial charge in [0.2, 0.25) is 0 Å². The maximum absolute atomic E-state index is 6.05. The maximum atomic E-state index is 6.05. The van der Waals surface area contributed by atoms with Crippen molar-refractivity contribution in [1.29, 1.82) is 0 Å². The van der Waals surface area contributed by atoms with Crippen molar-refractivity contribution in [1.82, 2.24) is 0 Å². The molecule has 2 heterocycles. The van der Waals surface area contributed by atoms with Crippen molar-refractivity contribution in [3.8, 4) is 5.75 Å². The van der Waals surface area contributed by atoms with Crippen LogP contribution in [0.15, 0.2) is 71.0 Å². The molecule has 1 atom stereocenters. The Kier molecular flexibility index (Phi) is 4.89. The van der Waals surface area contributed by atoms with Crippen LogP contribution in [0.3, 0.4) is 0 Å². The molecule has 0 saturated heterocycles. The number of fused-ring (bicyclic) bond motifs is 2. The highest BCUT2D eigenvalue weighted by molar-refractivity contribution is 7.12.